The fourth-order valence-electron chi connectivity index (χ4n) is 4.23. The molecule has 0 bridgehead atoms. The summed E-state index contributed by atoms with van der Waals surface area (Å²) >= 11 is 5.47. The third-order valence-electron chi connectivity index (χ3n) is 5.77. The zero-order valence-corrected chi connectivity index (χ0v) is 20.3. The predicted octanol–water partition coefficient (Wildman–Crippen LogP) is 8.92. The van der Waals surface area contributed by atoms with Crippen molar-refractivity contribution < 1.29 is 0 Å². The maximum atomic E-state index is 5.00. The van der Waals surface area contributed by atoms with Gasteiger partial charge in [-0.25, -0.2) is 9.97 Å². The van der Waals surface area contributed by atoms with E-state index in [4.69, 9.17) is 9.97 Å². The van der Waals surface area contributed by atoms with E-state index in [9.17, 15) is 0 Å². The number of thiophene rings is 1. The van der Waals surface area contributed by atoms with Crippen molar-refractivity contribution in [1.82, 2.24) is 9.97 Å². The highest BCUT2D eigenvalue weighted by Crippen LogP contribution is 2.37. The standard InChI is InChI=1S/C29H19BrN2S/c1-18-13-21(15-22(30)14-18)26-17-25(31-29(32-26)19-7-3-2-4-8-19)20-11-12-28-24(16-20)23-9-5-6-10-27(23)33-28/h2-17H,1H3. The van der Waals surface area contributed by atoms with Crippen LogP contribution >= 0.6 is 27.3 Å². The summed E-state index contributed by atoms with van der Waals surface area (Å²) in [6.45, 7) is 2.10. The lowest BCUT2D eigenvalue weighted by molar-refractivity contribution is 1.18. The van der Waals surface area contributed by atoms with E-state index in [1.807, 2.05) is 29.5 Å². The van der Waals surface area contributed by atoms with Crippen molar-refractivity contribution in [3.05, 3.63) is 107 Å². The van der Waals surface area contributed by atoms with Gasteiger partial charge in [-0.05, 0) is 55.0 Å². The summed E-state index contributed by atoms with van der Waals surface area (Å²) in [5.41, 5.74) is 6.21. The number of hydrogen-bond acceptors (Lipinski definition) is 3. The third-order valence-corrected chi connectivity index (χ3v) is 7.38. The first-order valence-corrected chi connectivity index (χ1v) is 12.4. The molecule has 6 rings (SSSR count). The Morgan fingerprint density at radius 3 is 2.15 bits per heavy atom. The number of fused-ring (bicyclic) bond motifs is 3. The number of aromatic nitrogens is 2. The number of benzene rings is 4. The van der Waals surface area contributed by atoms with Gasteiger partial charge in [0.2, 0.25) is 0 Å². The first-order valence-electron chi connectivity index (χ1n) is 10.8. The molecule has 0 fully saturated rings. The van der Waals surface area contributed by atoms with E-state index in [0.717, 1.165) is 38.4 Å². The van der Waals surface area contributed by atoms with E-state index in [2.05, 4.69) is 102 Å². The molecule has 158 valence electrons. The molecule has 0 N–H and O–H groups in total. The molecule has 4 aromatic carbocycles. The maximum Gasteiger partial charge on any atom is 0.160 e. The van der Waals surface area contributed by atoms with Crippen LogP contribution in [0.2, 0.25) is 0 Å². The quantitative estimate of drug-likeness (QED) is 0.239. The lowest BCUT2D eigenvalue weighted by Crippen LogP contribution is -1.96. The molecule has 0 unspecified atom stereocenters. The minimum atomic E-state index is 0.732. The van der Waals surface area contributed by atoms with Gasteiger partial charge in [0.05, 0.1) is 11.4 Å². The first kappa shape index (κ1) is 20.3. The van der Waals surface area contributed by atoms with Crippen molar-refractivity contribution in [3.8, 4) is 33.9 Å². The lowest BCUT2D eigenvalue weighted by Gasteiger charge is -2.10. The molecule has 2 aromatic heterocycles. The van der Waals surface area contributed by atoms with Gasteiger partial charge in [-0.2, -0.15) is 0 Å². The number of aryl methyl sites for hydroxylation is 1. The summed E-state index contributed by atoms with van der Waals surface area (Å²) < 4.78 is 3.65. The summed E-state index contributed by atoms with van der Waals surface area (Å²) in [4.78, 5) is 9.95. The molecule has 33 heavy (non-hydrogen) atoms. The van der Waals surface area contributed by atoms with Gasteiger partial charge in [0.1, 0.15) is 0 Å². The van der Waals surface area contributed by atoms with Crippen LogP contribution in [0, 0.1) is 6.92 Å². The normalized spacial score (nSPS) is 11.3. The number of halogens is 1. The van der Waals surface area contributed by atoms with Crippen LogP contribution in [0.4, 0.5) is 0 Å². The summed E-state index contributed by atoms with van der Waals surface area (Å²) in [5.74, 6) is 0.732. The highest BCUT2D eigenvalue weighted by molar-refractivity contribution is 9.10. The van der Waals surface area contributed by atoms with Crippen LogP contribution in [0.25, 0.3) is 54.1 Å². The smallest absolute Gasteiger partial charge is 0.160 e. The Labute approximate surface area is 204 Å². The minimum absolute atomic E-state index is 0.732. The van der Waals surface area contributed by atoms with Crippen molar-refractivity contribution >= 4 is 47.4 Å². The van der Waals surface area contributed by atoms with Gasteiger partial charge in [0, 0.05) is 41.3 Å². The molecule has 0 aliphatic carbocycles. The van der Waals surface area contributed by atoms with E-state index in [0.29, 0.717) is 0 Å². The van der Waals surface area contributed by atoms with Crippen LogP contribution in [-0.2, 0) is 0 Å². The van der Waals surface area contributed by atoms with Crippen LogP contribution in [0.3, 0.4) is 0 Å². The van der Waals surface area contributed by atoms with Crippen LogP contribution in [0.5, 0.6) is 0 Å². The Kier molecular flexibility index (Phi) is 5.05. The van der Waals surface area contributed by atoms with E-state index in [1.54, 1.807) is 0 Å². The average Bonchev–Trinajstić information content (AvgIpc) is 3.22. The molecule has 0 spiro atoms. The molecule has 0 amide bonds. The molecule has 0 aliphatic heterocycles. The van der Waals surface area contributed by atoms with Gasteiger partial charge in [0.25, 0.3) is 0 Å². The monoisotopic (exact) mass is 506 g/mol. The first-order chi connectivity index (χ1) is 16.1. The van der Waals surface area contributed by atoms with Crippen molar-refractivity contribution in [2.75, 3.05) is 0 Å². The Hall–Kier alpha value is -3.34. The number of rotatable bonds is 3. The van der Waals surface area contributed by atoms with Gasteiger partial charge < -0.3 is 0 Å². The Bertz CT molecular complexity index is 1620. The number of nitrogens with zero attached hydrogens (tertiary/aromatic N) is 2. The Morgan fingerprint density at radius 2 is 1.33 bits per heavy atom. The van der Waals surface area contributed by atoms with Crippen LogP contribution in [-0.4, -0.2) is 9.97 Å². The second-order valence-corrected chi connectivity index (χ2v) is 10.2. The average molecular weight is 507 g/mol. The van der Waals surface area contributed by atoms with E-state index >= 15 is 0 Å². The second kappa shape index (κ2) is 8.22. The lowest BCUT2D eigenvalue weighted by atomic mass is 10.0. The van der Waals surface area contributed by atoms with Gasteiger partial charge in [0.15, 0.2) is 5.82 Å². The molecule has 0 aliphatic rings. The van der Waals surface area contributed by atoms with E-state index in [1.165, 1.54) is 25.7 Å². The van der Waals surface area contributed by atoms with Gasteiger partial charge in [-0.3, -0.25) is 0 Å². The summed E-state index contributed by atoms with van der Waals surface area (Å²) in [5, 5.41) is 2.56. The zero-order valence-electron chi connectivity index (χ0n) is 17.9. The largest absolute Gasteiger partial charge is 0.228 e. The molecule has 0 atom stereocenters. The van der Waals surface area contributed by atoms with Gasteiger partial charge in [-0.1, -0.05) is 70.5 Å². The molecular formula is C29H19BrN2S. The second-order valence-electron chi connectivity index (χ2n) is 8.15. The fourth-order valence-corrected chi connectivity index (χ4v) is 5.92. The van der Waals surface area contributed by atoms with E-state index in [-0.39, 0.29) is 0 Å². The van der Waals surface area contributed by atoms with Gasteiger partial charge >= 0.3 is 0 Å². The van der Waals surface area contributed by atoms with Crippen molar-refractivity contribution in [3.63, 3.8) is 0 Å². The summed E-state index contributed by atoms with van der Waals surface area (Å²) in [7, 11) is 0. The molecule has 0 radical (unpaired) electrons. The fraction of sp³-hybridized carbons (Fsp3) is 0.0345. The Morgan fingerprint density at radius 1 is 0.606 bits per heavy atom. The zero-order chi connectivity index (χ0) is 22.4. The van der Waals surface area contributed by atoms with Crippen LogP contribution in [0.1, 0.15) is 5.56 Å². The Balaban J connectivity index is 1.58. The maximum absolute atomic E-state index is 5.00. The third kappa shape index (κ3) is 3.86. The SMILES string of the molecule is Cc1cc(Br)cc(-c2cc(-c3ccc4sc5ccccc5c4c3)nc(-c3ccccc3)n2)c1. The topological polar surface area (TPSA) is 25.8 Å². The molecule has 0 saturated heterocycles. The molecule has 0 saturated carbocycles. The molecular weight excluding hydrogens is 488 g/mol. The van der Waals surface area contributed by atoms with Crippen LogP contribution < -0.4 is 0 Å². The van der Waals surface area contributed by atoms with Crippen molar-refractivity contribution in [2.24, 2.45) is 0 Å². The number of hydrogen-bond donors (Lipinski definition) is 0. The minimum Gasteiger partial charge on any atom is -0.228 e. The highest BCUT2D eigenvalue weighted by atomic mass is 79.9. The molecule has 2 nitrogen and oxygen atoms in total. The molecule has 6 aromatic rings. The van der Waals surface area contributed by atoms with Gasteiger partial charge in [-0.15, -0.1) is 11.3 Å². The van der Waals surface area contributed by atoms with Crippen molar-refractivity contribution in [1.29, 1.82) is 0 Å². The molecule has 4 heteroatoms. The van der Waals surface area contributed by atoms with Crippen molar-refractivity contribution in [2.45, 2.75) is 6.92 Å². The molecule has 2 heterocycles. The van der Waals surface area contributed by atoms with E-state index < -0.39 is 0 Å². The summed E-state index contributed by atoms with van der Waals surface area (Å²) in [6, 6.07) is 33.9. The highest BCUT2D eigenvalue weighted by Gasteiger charge is 2.13. The summed E-state index contributed by atoms with van der Waals surface area (Å²) in [6.07, 6.45) is 0. The van der Waals surface area contributed by atoms with Crippen LogP contribution in [0.15, 0.2) is 102 Å². The predicted molar refractivity (Wildman–Crippen MR) is 144 cm³/mol.